The van der Waals surface area contributed by atoms with E-state index >= 15 is 0 Å². The summed E-state index contributed by atoms with van der Waals surface area (Å²) in [5, 5.41) is 0.852. The van der Waals surface area contributed by atoms with E-state index in [-0.39, 0.29) is 5.82 Å². The standard InChI is InChI=1S/C15H10FNO/c16-14-4-2-1-3-12(14)10-5-6-13-11(9-18)8-17-15(13)7-10/h1-9,17H. The minimum absolute atomic E-state index is 0.251. The summed E-state index contributed by atoms with van der Waals surface area (Å²) < 4.78 is 13.7. The van der Waals surface area contributed by atoms with Gasteiger partial charge in [0.2, 0.25) is 0 Å². The molecule has 0 aliphatic carbocycles. The average Bonchev–Trinajstić information content (AvgIpc) is 2.81. The monoisotopic (exact) mass is 239 g/mol. The van der Waals surface area contributed by atoms with Crippen molar-refractivity contribution in [1.82, 2.24) is 4.98 Å². The number of carbonyl (C=O) groups excluding carboxylic acids is 1. The summed E-state index contributed by atoms with van der Waals surface area (Å²) in [5.74, 6) is -0.251. The third kappa shape index (κ3) is 1.61. The van der Waals surface area contributed by atoms with Crippen molar-refractivity contribution in [3.05, 3.63) is 60.0 Å². The van der Waals surface area contributed by atoms with Crippen LogP contribution in [0.4, 0.5) is 4.39 Å². The van der Waals surface area contributed by atoms with Crippen molar-refractivity contribution in [2.24, 2.45) is 0 Å². The van der Waals surface area contributed by atoms with Crippen LogP contribution in [0.3, 0.4) is 0 Å². The molecule has 88 valence electrons. The maximum atomic E-state index is 13.7. The second-order valence-electron chi connectivity index (χ2n) is 4.10. The number of H-pyrrole nitrogens is 1. The van der Waals surface area contributed by atoms with Crippen molar-refractivity contribution < 1.29 is 9.18 Å². The molecule has 3 aromatic rings. The highest BCUT2D eigenvalue weighted by atomic mass is 19.1. The Hall–Kier alpha value is -2.42. The van der Waals surface area contributed by atoms with Crippen LogP contribution in [0.15, 0.2) is 48.7 Å². The number of carbonyl (C=O) groups is 1. The van der Waals surface area contributed by atoms with Gasteiger partial charge in [0.25, 0.3) is 0 Å². The van der Waals surface area contributed by atoms with E-state index in [9.17, 15) is 9.18 Å². The number of hydrogen-bond donors (Lipinski definition) is 1. The molecule has 18 heavy (non-hydrogen) atoms. The Morgan fingerprint density at radius 3 is 2.72 bits per heavy atom. The highest BCUT2D eigenvalue weighted by Crippen LogP contribution is 2.27. The van der Waals surface area contributed by atoms with Gasteiger partial charge in [0.1, 0.15) is 5.82 Å². The Labute approximate surface area is 103 Å². The van der Waals surface area contributed by atoms with Gasteiger partial charge in [-0.3, -0.25) is 4.79 Å². The predicted octanol–water partition coefficient (Wildman–Crippen LogP) is 3.79. The zero-order chi connectivity index (χ0) is 12.5. The van der Waals surface area contributed by atoms with Crippen LogP contribution in [0.1, 0.15) is 10.4 Å². The van der Waals surface area contributed by atoms with Crippen molar-refractivity contribution in [1.29, 1.82) is 0 Å². The van der Waals surface area contributed by atoms with Gasteiger partial charge in [0.05, 0.1) is 0 Å². The second-order valence-corrected chi connectivity index (χ2v) is 4.10. The molecule has 1 N–H and O–H groups in total. The van der Waals surface area contributed by atoms with E-state index in [2.05, 4.69) is 4.98 Å². The molecule has 0 spiro atoms. The zero-order valence-electron chi connectivity index (χ0n) is 9.48. The molecule has 2 nitrogen and oxygen atoms in total. The lowest BCUT2D eigenvalue weighted by Crippen LogP contribution is -1.83. The van der Waals surface area contributed by atoms with Gasteiger partial charge in [-0.05, 0) is 17.7 Å². The first kappa shape index (κ1) is 10.7. The minimum atomic E-state index is -0.251. The van der Waals surface area contributed by atoms with Gasteiger partial charge in [-0.2, -0.15) is 0 Å². The van der Waals surface area contributed by atoms with Gasteiger partial charge in [-0.25, -0.2) is 4.39 Å². The molecular formula is C15H10FNO. The Balaban J connectivity index is 2.20. The summed E-state index contributed by atoms with van der Waals surface area (Å²) in [6.07, 6.45) is 2.46. The molecule has 0 amide bonds. The summed E-state index contributed by atoms with van der Waals surface area (Å²) >= 11 is 0. The van der Waals surface area contributed by atoms with E-state index in [1.165, 1.54) is 6.07 Å². The molecule has 1 heterocycles. The number of benzene rings is 2. The van der Waals surface area contributed by atoms with Gasteiger partial charge >= 0.3 is 0 Å². The van der Waals surface area contributed by atoms with Crippen LogP contribution in [-0.2, 0) is 0 Å². The fraction of sp³-hybridized carbons (Fsp3) is 0. The number of aldehydes is 1. The number of fused-ring (bicyclic) bond motifs is 1. The molecule has 3 heteroatoms. The maximum Gasteiger partial charge on any atom is 0.152 e. The Morgan fingerprint density at radius 2 is 1.94 bits per heavy atom. The highest BCUT2D eigenvalue weighted by molar-refractivity contribution is 5.98. The molecule has 1 aromatic heterocycles. The Kier molecular flexibility index (Phi) is 2.45. The fourth-order valence-corrected chi connectivity index (χ4v) is 2.11. The van der Waals surface area contributed by atoms with E-state index in [0.29, 0.717) is 11.1 Å². The number of hydrogen-bond acceptors (Lipinski definition) is 1. The predicted molar refractivity (Wildman–Crippen MR) is 69.1 cm³/mol. The van der Waals surface area contributed by atoms with Crippen molar-refractivity contribution in [2.75, 3.05) is 0 Å². The third-order valence-corrected chi connectivity index (χ3v) is 3.03. The lowest BCUT2D eigenvalue weighted by atomic mass is 10.0. The molecule has 2 aromatic carbocycles. The van der Waals surface area contributed by atoms with Crippen LogP contribution in [0.25, 0.3) is 22.0 Å². The zero-order valence-corrected chi connectivity index (χ0v) is 9.48. The smallest absolute Gasteiger partial charge is 0.152 e. The van der Waals surface area contributed by atoms with Gasteiger partial charge in [0, 0.05) is 28.2 Å². The average molecular weight is 239 g/mol. The molecule has 0 unspecified atom stereocenters. The molecule has 0 saturated heterocycles. The van der Waals surface area contributed by atoms with Crippen LogP contribution in [-0.4, -0.2) is 11.3 Å². The van der Waals surface area contributed by atoms with E-state index in [1.807, 2.05) is 18.2 Å². The lowest BCUT2D eigenvalue weighted by Gasteiger charge is -2.03. The first-order chi connectivity index (χ1) is 8.79. The third-order valence-electron chi connectivity index (χ3n) is 3.03. The number of aromatic nitrogens is 1. The summed E-state index contributed by atoms with van der Waals surface area (Å²) in [6.45, 7) is 0. The van der Waals surface area contributed by atoms with E-state index in [4.69, 9.17) is 0 Å². The molecular weight excluding hydrogens is 229 g/mol. The van der Waals surface area contributed by atoms with Crippen LogP contribution in [0.5, 0.6) is 0 Å². The second kappa shape index (κ2) is 4.11. The lowest BCUT2D eigenvalue weighted by molar-refractivity contribution is 0.112. The van der Waals surface area contributed by atoms with Crippen molar-refractivity contribution in [2.45, 2.75) is 0 Å². The fourth-order valence-electron chi connectivity index (χ4n) is 2.11. The summed E-state index contributed by atoms with van der Waals surface area (Å²) in [7, 11) is 0. The molecule has 0 atom stereocenters. The molecule has 0 aliphatic heterocycles. The van der Waals surface area contributed by atoms with Gasteiger partial charge < -0.3 is 4.98 Å². The molecule has 0 radical (unpaired) electrons. The van der Waals surface area contributed by atoms with E-state index in [0.717, 1.165) is 22.8 Å². The summed E-state index contributed by atoms with van der Waals surface area (Å²) in [5.41, 5.74) is 2.80. The van der Waals surface area contributed by atoms with Crippen molar-refractivity contribution in [3.63, 3.8) is 0 Å². The topological polar surface area (TPSA) is 32.9 Å². The molecule has 0 aliphatic rings. The quantitative estimate of drug-likeness (QED) is 0.678. The number of nitrogens with one attached hydrogen (secondary N) is 1. The Bertz CT molecular complexity index is 730. The molecule has 3 rings (SSSR count). The summed E-state index contributed by atoms with van der Waals surface area (Å²) in [4.78, 5) is 13.8. The van der Waals surface area contributed by atoms with Crippen LogP contribution < -0.4 is 0 Å². The largest absolute Gasteiger partial charge is 0.360 e. The van der Waals surface area contributed by atoms with Crippen LogP contribution in [0.2, 0.25) is 0 Å². The number of halogens is 1. The molecule has 0 saturated carbocycles. The SMILES string of the molecule is O=Cc1c[nH]c2cc(-c3ccccc3F)ccc12. The molecule has 0 bridgehead atoms. The summed E-state index contributed by atoms with van der Waals surface area (Å²) in [6, 6.07) is 12.1. The minimum Gasteiger partial charge on any atom is -0.360 e. The van der Waals surface area contributed by atoms with Crippen LogP contribution in [0, 0.1) is 5.82 Å². The highest BCUT2D eigenvalue weighted by Gasteiger charge is 2.07. The van der Waals surface area contributed by atoms with Crippen molar-refractivity contribution in [3.8, 4) is 11.1 Å². The van der Waals surface area contributed by atoms with Gasteiger partial charge in [0.15, 0.2) is 6.29 Å². The first-order valence-corrected chi connectivity index (χ1v) is 5.61. The van der Waals surface area contributed by atoms with Gasteiger partial charge in [-0.15, -0.1) is 0 Å². The number of aromatic amines is 1. The maximum absolute atomic E-state index is 13.7. The van der Waals surface area contributed by atoms with E-state index < -0.39 is 0 Å². The van der Waals surface area contributed by atoms with E-state index in [1.54, 1.807) is 24.4 Å². The van der Waals surface area contributed by atoms with Gasteiger partial charge in [-0.1, -0.05) is 30.3 Å². The van der Waals surface area contributed by atoms with Crippen LogP contribution >= 0.6 is 0 Å². The van der Waals surface area contributed by atoms with Crippen molar-refractivity contribution >= 4 is 17.2 Å². The molecule has 0 fully saturated rings. The first-order valence-electron chi connectivity index (χ1n) is 5.61. The normalized spacial score (nSPS) is 10.7. The Morgan fingerprint density at radius 1 is 1.11 bits per heavy atom. The number of rotatable bonds is 2.